The van der Waals surface area contributed by atoms with E-state index in [0.717, 1.165) is 12.8 Å². The number of unbranched alkanes of at least 4 members (excludes halogenated alkanes) is 3. The second kappa shape index (κ2) is 8.95. The van der Waals surface area contributed by atoms with Gasteiger partial charge in [0.05, 0.1) is 0 Å². The van der Waals surface area contributed by atoms with Crippen molar-refractivity contribution < 1.29 is 18.9 Å². The molecule has 124 valence electrons. The molecule has 0 aromatic carbocycles. The summed E-state index contributed by atoms with van der Waals surface area (Å²) in [6.07, 6.45) is 4.60. The minimum absolute atomic E-state index is 0.262. The Balaban J connectivity index is 2.70. The van der Waals surface area contributed by atoms with E-state index in [2.05, 4.69) is 6.92 Å². The molecule has 2 atom stereocenters. The van der Waals surface area contributed by atoms with E-state index in [1.807, 2.05) is 6.08 Å². The fourth-order valence-corrected chi connectivity index (χ4v) is 2.16. The van der Waals surface area contributed by atoms with Gasteiger partial charge in [-0.2, -0.15) is 0 Å². The monoisotopic (exact) mass is 310 g/mol. The average molecular weight is 310 g/mol. The van der Waals surface area contributed by atoms with Crippen LogP contribution < -0.4 is 0 Å². The lowest BCUT2D eigenvalue weighted by Gasteiger charge is -2.22. The topological polar surface area (TPSA) is 59.1 Å². The largest absolute Gasteiger partial charge is 0.487 e. The minimum atomic E-state index is -0.893. The highest BCUT2D eigenvalue weighted by atomic mass is 16.7. The third-order valence-corrected chi connectivity index (χ3v) is 3.47. The Bertz CT molecular complexity index is 384. The highest BCUT2D eigenvalue weighted by Gasteiger charge is 2.47. The van der Waals surface area contributed by atoms with Gasteiger partial charge in [-0.05, 0) is 12.8 Å². The summed E-state index contributed by atoms with van der Waals surface area (Å²) in [6, 6.07) is 0. The number of nitrogens with zero attached hydrogens (tertiary/aromatic N) is 2. The maximum atomic E-state index is 12.2. The quantitative estimate of drug-likeness (QED) is 0.522. The van der Waals surface area contributed by atoms with Gasteiger partial charge >= 0.3 is 7.12 Å². The van der Waals surface area contributed by atoms with E-state index in [0.29, 0.717) is 0 Å². The molecule has 0 aromatic heterocycles. The molecule has 22 heavy (non-hydrogen) atoms. The van der Waals surface area contributed by atoms with Gasteiger partial charge in [-0.25, -0.2) is 0 Å². The van der Waals surface area contributed by atoms with Crippen molar-refractivity contribution in [1.82, 2.24) is 9.80 Å². The molecule has 2 amide bonds. The van der Waals surface area contributed by atoms with Gasteiger partial charge in [0.2, 0.25) is 0 Å². The van der Waals surface area contributed by atoms with Crippen LogP contribution in [0.5, 0.6) is 0 Å². The van der Waals surface area contributed by atoms with Gasteiger partial charge in [0.1, 0.15) is 0 Å². The summed E-state index contributed by atoms with van der Waals surface area (Å²) in [5.41, 5.74) is 0. The standard InChI is InChI=1S/C15H27BN2O4/c1-6-7-8-9-10-11-16-21-12(14(19)17(2)3)13(22-16)15(20)18(4)5/h10-13H,6-9H2,1-5H3/b11-10+/t12-,13-/m1/s1. The molecule has 1 fully saturated rings. The molecule has 0 N–H and O–H groups in total. The average Bonchev–Trinajstić information content (AvgIpc) is 2.89. The molecule has 1 aliphatic rings. The van der Waals surface area contributed by atoms with Crippen LogP contribution in [0.3, 0.4) is 0 Å². The number of carbonyl (C=O) groups excluding carboxylic acids is 2. The van der Waals surface area contributed by atoms with Crippen molar-refractivity contribution >= 4 is 18.9 Å². The first kappa shape index (κ1) is 18.7. The van der Waals surface area contributed by atoms with Crippen LogP contribution >= 0.6 is 0 Å². The van der Waals surface area contributed by atoms with Gasteiger partial charge in [0.15, 0.2) is 12.2 Å². The molecule has 6 nitrogen and oxygen atoms in total. The van der Waals surface area contributed by atoms with Crippen LogP contribution in [0.4, 0.5) is 0 Å². The van der Waals surface area contributed by atoms with E-state index < -0.39 is 19.3 Å². The highest BCUT2D eigenvalue weighted by Crippen LogP contribution is 2.21. The molecule has 1 heterocycles. The molecule has 1 rings (SSSR count). The highest BCUT2D eigenvalue weighted by molar-refractivity contribution is 6.52. The second-order valence-corrected chi connectivity index (χ2v) is 5.87. The van der Waals surface area contributed by atoms with Crippen molar-refractivity contribution in [2.45, 2.75) is 44.8 Å². The van der Waals surface area contributed by atoms with E-state index in [1.54, 1.807) is 34.2 Å². The molecule has 0 saturated carbocycles. The fraction of sp³-hybridized carbons (Fsp3) is 0.733. The van der Waals surface area contributed by atoms with Gasteiger partial charge in [-0.1, -0.05) is 31.8 Å². The minimum Gasteiger partial charge on any atom is -0.393 e. The lowest BCUT2D eigenvalue weighted by Crippen LogP contribution is -2.47. The zero-order valence-electron chi connectivity index (χ0n) is 14.2. The number of allylic oxidation sites excluding steroid dienone is 1. The first-order valence-corrected chi connectivity index (χ1v) is 7.78. The predicted octanol–water partition coefficient (Wildman–Crippen LogP) is 1.11. The van der Waals surface area contributed by atoms with Crippen LogP contribution in [0.2, 0.25) is 0 Å². The molecular weight excluding hydrogens is 283 g/mol. The first-order chi connectivity index (χ1) is 10.4. The number of carbonyl (C=O) groups is 2. The molecule has 0 bridgehead atoms. The van der Waals surface area contributed by atoms with E-state index in [-0.39, 0.29) is 11.8 Å². The molecule has 1 saturated heterocycles. The molecular formula is C15H27BN2O4. The Morgan fingerprint density at radius 2 is 1.50 bits per heavy atom. The fourth-order valence-electron chi connectivity index (χ4n) is 2.16. The van der Waals surface area contributed by atoms with Crippen molar-refractivity contribution in [2.24, 2.45) is 0 Å². The zero-order chi connectivity index (χ0) is 16.7. The van der Waals surface area contributed by atoms with Crippen LogP contribution in [0.15, 0.2) is 12.1 Å². The normalized spacial score (nSPS) is 21.4. The van der Waals surface area contributed by atoms with E-state index in [4.69, 9.17) is 9.31 Å². The SMILES string of the molecule is CCCCC/C=C/B1O[C@@H](C(=O)N(C)C)[C@H](C(=O)N(C)C)O1. The Labute approximate surface area is 133 Å². The molecule has 0 radical (unpaired) electrons. The van der Waals surface area contributed by atoms with Crippen LogP contribution in [-0.2, 0) is 18.9 Å². The molecule has 0 aromatic rings. The van der Waals surface area contributed by atoms with E-state index in [9.17, 15) is 9.59 Å². The summed E-state index contributed by atoms with van der Waals surface area (Å²) in [5, 5.41) is 0. The number of rotatable bonds is 7. The van der Waals surface area contributed by atoms with Crippen molar-refractivity contribution in [3.8, 4) is 0 Å². The van der Waals surface area contributed by atoms with Gasteiger partial charge < -0.3 is 19.1 Å². The number of amides is 2. The maximum Gasteiger partial charge on any atom is 0.487 e. The number of hydrogen-bond acceptors (Lipinski definition) is 4. The van der Waals surface area contributed by atoms with Crippen molar-refractivity contribution in [3.05, 3.63) is 12.1 Å². The number of likely N-dealkylation sites (N-methyl/N-ethyl adjacent to an activating group) is 2. The number of hydrogen-bond donors (Lipinski definition) is 0. The maximum absolute atomic E-state index is 12.2. The Kier molecular flexibility index (Phi) is 7.61. The van der Waals surface area contributed by atoms with Crippen LogP contribution in [0.1, 0.15) is 32.6 Å². The van der Waals surface area contributed by atoms with Crippen LogP contribution in [0.25, 0.3) is 0 Å². The van der Waals surface area contributed by atoms with Gasteiger partial charge in [0, 0.05) is 28.2 Å². The van der Waals surface area contributed by atoms with E-state index in [1.165, 1.54) is 22.6 Å². The Morgan fingerprint density at radius 1 is 1.00 bits per heavy atom. The van der Waals surface area contributed by atoms with Crippen molar-refractivity contribution in [1.29, 1.82) is 0 Å². The lowest BCUT2D eigenvalue weighted by molar-refractivity contribution is -0.146. The summed E-state index contributed by atoms with van der Waals surface area (Å²) in [5.74, 6) is 1.26. The summed E-state index contributed by atoms with van der Waals surface area (Å²) in [4.78, 5) is 27.2. The summed E-state index contributed by atoms with van der Waals surface area (Å²) in [6.45, 7) is 2.15. The molecule has 7 heteroatoms. The Hall–Kier alpha value is -1.34. The van der Waals surface area contributed by atoms with Gasteiger partial charge in [-0.15, -0.1) is 0 Å². The third-order valence-electron chi connectivity index (χ3n) is 3.47. The van der Waals surface area contributed by atoms with Crippen LogP contribution in [-0.4, -0.2) is 69.1 Å². The molecule has 0 aliphatic carbocycles. The summed E-state index contributed by atoms with van der Waals surface area (Å²) >= 11 is 0. The van der Waals surface area contributed by atoms with E-state index >= 15 is 0 Å². The Morgan fingerprint density at radius 3 is 1.91 bits per heavy atom. The predicted molar refractivity (Wildman–Crippen MR) is 86.2 cm³/mol. The second-order valence-electron chi connectivity index (χ2n) is 5.87. The van der Waals surface area contributed by atoms with Crippen LogP contribution in [0, 0.1) is 0 Å². The molecule has 0 unspecified atom stereocenters. The third kappa shape index (κ3) is 5.14. The summed E-state index contributed by atoms with van der Waals surface area (Å²) < 4.78 is 11.3. The molecule has 0 spiro atoms. The molecule has 1 aliphatic heterocycles. The van der Waals surface area contributed by atoms with Crippen molar-refractivity contribution in [2.75, 3.05) is 28.2 Å². The smallest absolute Gasteiger partial charge is 0.393 e. The lowest BCUT2D eigenvalue weighted by atomic mass is 9.90. The van der Waals surface area contributed by atoms with Gasteiger partial charge in [-0.3, -0.25) is 9.59 Å². The summed E-state index contributed by atoms with van der Waals surface area (Å²) in [7, 11) is 5.89. The van der Waals surface area contributed by atoms with Crippen molar-refractivity contribution in [3.63, 3.8) is 0 Å². The van der Waals surface area contributed by atoms with Gasteiger partial charge in [0.25, 0.3) is 11.8 Å². The zero-order valence-corrected chi connectivity index (χ0v) is 14.2. The first-order valence-electron chi connectivity index (χ1n) is 7.78.